The van der Waals surface area contributed by atoms with Crippen LogP contribution < -0.4 is 10.6 Å². The van der Waals surface area contributed by atoms with E-state index in [0.717, 1.165) is 0 Å². The molecule has 2 aromatic carbocycles. The quantitative estimate of drug-likeness (QED) is 0.695. The molecular weight excluding hydrogens is 371 g/mol. The number of benzene rings is 2. The van der Waals surface area contributed by atoms with Crippen molar-refractivity contribution >= 4 is 58.1 Å². The fourth-order valence-corrected chi connectivity index (χ4v) is 2.70. The smallest absolute Gasteiger partial charge is 0.336 e. The Morgan fingerprint density at radius 1 is 1.12 bits per heavy atom. The molecule has 0 bridgehead atoms. The first-order valence-corrected chi connectivity index (χ1v) is 7.86. The van der Waals surface area contributed by atoms with Gasteiger partial charge in [0.1, 0.15) is 0 Å². The fraction of sp³-hybridized carbons (Fsp3) is 0.0625. The number of carboxylic acids is 1. The molecular formula is C16H12Cl2N2O3S. The average Bonchev–Trinajstić information content (AvgIpc) is 2.48. The summed E-state index contributed by atoms with van der Waals surface area (Å²) < 4.78 is 0. The first-order chi connectivity index (χ1) is 11.3. The highest BCUT2D eigenvalue weighted by Crippen LogP contribution is 2.21. The first kappa shape index (κ1) is 18.2. The van der Waals surface area contributed by atoms with Crippen LogP contribution in [0.3, 0.4) is 0 Å². The van der Waals surface area contributed by atoms with Gasteiger partial charge in [-0.3, -0.25) is 10.1 Å². The summed E-state index contributed by atoms with van der Waals surface area (Å²) in [5.74, 6) is -1.54. The van der Waals surface area contributed by atoms with E-state index < -0.39 is 11.9 Å². The third-order valence-electron chi connectivity index (χ3n) is 3.22. The fourth-order valence-electron chi connectivity index (χ4n) is 2.00. The topological polar surface area (TPSA) is 78.4 Å². The van der Waals surface area contributed by atoms with Crippen LogP contribution in [0.4, 0.5) is 5.69 Å². The number of hydrogen-bond acceptors (Lipinski definition) is 3. The van der Waals surface area contributed by atoms with Gasteiger partial charge in [0.25, 0.3) is 5.91 Å². The molecule has 0 saturated carbocycles. The highest BCUT2D eigenvalue weighted by Gasteiger charge is 2.14. The number of hydrogen-bond donors (Lipinski definition) is 3. The van der Waals surface area contributed by atoms with Crippen molar-refractivity contribution in [3.63, 3.8) is 0 Å². The van der Waals surface area contributed by atoms with Gasteiger partial charge in [0.15, 0.2) is 5.11 Å². The van der Waals surface area contributed by atoms with Crippen molar-refractivity contribution in [3.8, 4) is 0 Å². The average molecular weight is 383 g/mol. The Hall–Kier alpha value is -2.15. The maximum absolute atomic E-state index is 12.2. The van der Waals surface area contributed by atoms with Crippen LogP contribution in [0.15, 0.2) is 36.4 Å². The van der Waals surface area contributed by atoms with Gasteiger partial charge in [-0.15, -0.1) is 0 Å². The van der Waals surface area contributed by atoms with E-state index in [0.29, 0.717) is 16.3 Å². The van der Waals surface area contributed by atoms with Gasteiger partial charge in [-0.05, 0) is 55.0 Å². The van der Waals surface area contributed by atoms with Gasteiger partial charge in [0, 0.05) is 10.7 Å². The molecule has 2 rings (SSSR count). The van der Waals surface area contributed by atoms with Gasteiger partial charge in [0.2, 0.25) is 0 Å². The van der Waals surface area contributed by atoms with Crippen LogP contribution in [0, 0.1) is 6.92 Å². The Labute approximate surface area is 153 Å². The lowest BCUT2D eigenvalue weighted by Crippen LogP contribution is -2.34. The Morgan fingerprint density at radius 3 is 2.46 bits per heavy atom. The second-order valence-electron chi connectivity index (χ2n) is 4.82. The van der Waals surface area contributed by atoms with Crippen molar-refractivity contribution < 1.29 is 14.7 Å². The van der Waals surface area contributed by atoms with E-state index in [1.54, 1.807) is 25.1 Å². The lowest BCUT2D eigenvalue weighted by Gasteiger charge is -2.13. The van der Waals surface area contributed by atoms with Crippen LogP contribution in [-0.2, 0) is 0 Å². The molecule has 8 heteroatoms. The zero-order chi connectivity index (χ0) is 17.9. The van der Waals surface area contributed by atoms with Crippen LogP contribution in [0.5, 0.6) is 0 Å². The molecule has 0 saturated heterocycles. The highest BCUT2D eigenvalue weighted by molar-refractivity contribution is 7.80. The third-order valence-corrected chi connectivity index (χ3v) is 3.97. The van der Waals surface area contributed by atoms with Crippen LogP contribution in [-0.4, -0.2) is 22.1 Å². The molecule has 0 spiro atoms. The number of rotatable bonds is 3. The van der Waals surface area contributed by atoms with Crippen LogP contribution in [0.1, 0.15) is 26.3 Å². The van der Waals surface area contributed by atoms with E-state index in [1.807, 2.05) is 0 Å². The third kappa shape index (κ3) is 4.23. The van der Waals surface area contributed by atoms with Gasteiger partial charge in [-0.2, -0.15) is 0 Å². The summed E-state index contributed by atoms with van der Waals surface area (Å²) in [5.41, 5.74) is 1.37. The zero-order valence-corrected chi connectivity index (χ0v) is 14.7. The van der Waals surface area contributed by atoms with Crippen molar-refractivity contribution in [2.24, 2.45) is 0 Å². The molecule has 0 aliphatic carbocycles. The SMILES string of the molecule is Cc1c(NC(=S)NC(=O)c2ccc(Cl)cc2Cl)cccc1C(=O)O. The molecule has 0 aliphatic rings. The minimum Gasteiger partial charge on any atom is -0.478 e. The Kier molecular flexibility index (Phi) is 5.77. The van der Waals surface area contributed by atoms with Crippen LogP contribution in [0.25, 0.3) is 0 Å². The van der Waals surface area contributed by atoms with Gasteiger partial charge in [0.05, 0.1) is 16.1 Å². The van der Waals surface area contributed by atoms with Crippen LogP contribution >= 0.6 is 35.4 Å². The van der Waals surface area contributed by atoms with Crippen molar-refractivity contribution in [2.75, 3.05) is 5.32 Å². The number of thiocarbonyl (C=S) groups is 1. The number of anilines is 1. The Morgan fingerprint density at radius 2 is 1.83 bits per heavy atom. The Balaban J connectivity index is 2.12. The minimum absolute atomic E-state index is 0.0247. The summed E-state index contributed by atoms with van der Waals surface area (Å²) >= 11 is 16.9. The second kappa shape index (κ2) is 7.61. The number of carbonyl (C=O) groups is 2. The Bertz CT molecular complexity index is 840. The van der Waals surface area contributed by atoms with Gasteiger partial charge >= 0.3 is 5.97 Å². The number of carbonyl (C=O) groups excluding carboxylic acids is 1. The lowest BCUT2D eigenvalue weighted by molar-refractivity contribution is 0.0696. The van der Waals surface area contributed by atoms with E-state index >= 15 is 0 Å². The molecule has 1 amide bonds. The number of aromatic carboxylic acids is 1. The van der Waals surface area contributed by atoms with Crippen molar-refractivity contribution in [1.29, 1.82) is 0 Å². The zero-order valence-electron chi connectivity index (χ0n) is 12.4. The summed E-state index contributed by atoms with van der Waals surface area (Å²) in [5, 5.41) is 15.0. The monoisotopic (exact) mass is 382 g/mol. The molecule has 0 radical (unpaired) electrons. The van der Waals surface area contributed by atoms with Gasteiger partial charge < -0.3 is 10.4 Å². The molecule has 0 aliphatic heterocycles. The first-order valence-electron chi connectivity index (χ1n) is 6.70. The van der Waals surface area contributed by atoms with E-state index in [9.17, 15) is 9.59 Å². The summed E-state index contributed by atoms with van der Waals surface area (Å²) in [6.45, 7) is 1.65. The van der Waals surface area contributed by atoms with E-state index in [2.05, 4.69) is 10.6 Å². The van der Waals surface area contributed by atoms with E-state index in [4.69, 9.17) is 40.5 Å². The molecule has 0 fully saturated rings. The predicted molar refractivity (Wildman–Crippen MR) is 98.3 cm³/mol. The number of amides is 1. The summed E-state index contributed by atoms with van der Waals surface area (Å²) in [6.07, 6.45) is 0. The molecule has 3 N–H and O–H groups in total. The summed E-state index contributed by atoms with van der Waals surface area (Å²) in [7, 11) is 0. The lowest BCUT2D eigenvalue weighted by atomic mass is 10.1. The molecule has 0 aromatic heterocycles. The molecule has 0 unspecified atom stereocenters. The van der Waals surface area contributed by atoms with Crippen molar-refractivity contribution in [1.82, 2.24) is 5.32 Å². The molecule has 24 heavy (non-hydrogen) atoms. The van der Waals surface area contributed by atoms with Crippen molar-refractivity contribution in [3.05, 3.63) is 63.1 Å². The molecule has 0 heterocycles. The summed E-state index contributed by atoms with van der Waals surface area (Å²) in [6, 6.07) is 9.21. The standard InChI is InChI=1S/C16H12Cl2N2O3S/c1-8-10(15(22)23)3-2-4-13(8)19-16(24)20-14(21)11-6-5-9(17)7-12(11)18/h2-7H,1H3,(H,22,23)(H2,19,20,21,24). The van der Waals surface area contributed by atoms with Gasteiger partial charge in [-0.1, -0.05) is 29.3 Å². The normalized spacial score (nSPS) is 10.1. The van der Waals surface area contributed by atoms with Crippen LogP contribution in [0.2, 0.25) is 10.0 Å². The molecule has 0 atom stereocenters. The second-order valence-corrected chi connectivity index (χ2v) is 6.07. The number of carboxylic acid groups (broad SMARTS) is 1. The maximum Gasteiger partial charge on any atom is 0.336 e. The van der Waals surface area contributed by atoms with Crippen molar-refractivity contribution in [2.45, 2.75) is 6.92 Å². The molecule has 124 valence electrons. The number of nitrogens with one attached hydrogen (secondary N) is 2. The highest BCUT2D eigenvalue weighted by atomic mass is 35.5. The minimum atomic E-state index is -1.04. The van der Waals surface area contributed by atoms with E-state index in [-0.39, 0.29) is 21.3 Å². The van der Waals surface area contributed by atoms with E-state index in [1.165, 1.54) is 18.2 Å². The predicted octanol–water partition coefficient (Wildman–Crippen LogP) is 4.13. The summed E-state index contributed by atoms with van der Waals surface area (Å²) in [4.78, 5) is 23.3. The largest absolute Gasteiger partial charge is 0.478 e. The number of halogens is 2. The van der Waals surface area contributed by atoms with Gasteiger partial charge in [-0.25, -0.2) is 4.79 Å². The molecule has 5 nitrogen and oxygen atoms in total. The molecule has 2 aromatic rings. The maximum atomic E-state index is 12.2.